The first-order valence-corrected chi connectivity index (χ1v) is 8.25. The summed E-state index contributed by atoms with van der Waals surface area (Å²) in [5.41, 5.74) is 0.437. The van der Waals surface area contributed by atoms with Crippen LogP contribution in [0.5, 0.6) is 5.75 Å². The smallest absolute Gasteiger partial charge is 0.260 e. The third-order valence-corrected chi connectivity index (χ3v) is 4.49. The monoisotopic (exact) mass is 314 g/mol. The summed E-state index contributed by atoms with van der Waals surface area (Å²) >= 11 is 0. The number of rotatable bonds is 5. The zero-order chi connectivity index (χ0) is 16.2. The Bertz CT molecular complexity index is 607. The normalized spacial score (nSPS) is 25.2. The fraction of sp³-hybridized carbons (Fsp3) is 0.556. The van der Waals surface area contributed by atoms with Crippen LogP contribution in [0.15, 0.2) is 24.3 Å². The third-order valence-electron chi connectivity index (χ3n) is 4.49. The Morgan fingerprint density at radius 1 is 1.39 bits per heavy atom. The maximum Gasteiger partial charge on any atom is 0.260 e. The number of para-hydroxylation sites is 1. The molecule has 1 aromatic carbocycles. The van der Waals surface area contributed by atoms with E-state index in [0.717, 1.165) is 12.8 Å². The zero-order valence-corrected chi connectivity index (χ0v) is 13.3. The quantitative estimate of drug-likeness (QED) is 0.906. The fourth-order valence-electron chi connectivity index (χ4n) is 2.98. The summed E-state index contributed by atoms with van der Waals surface area (Å²) in [7, 11) is 0. The molecule has 3 atom stereocenters. The minimum absolute atomic E-state index is 0.140. The molecule has 3 rings (SSSR count). The molecule has 3 unspecified atom stereocenters. The van der Waals surface area contributed by atoms with Gasteiger partial charge in [0, 0.05) is 12.6 Å². The van der Waals surface area contributed by atoms with E-state index in [0.29, 0.717) is 29.9 Å². The highest BCUT2D eigenvalue weighted by atomic mass is 16.5. The van der Waals surface area contributed by atoms with Crippen molar-refractivity contribution < 1.29 is 14.3 Å². The second kappa shape index (κ2) is 7.01. The Morgan fingerprint density at radius 3 is 2.91 bits per heavy atom. The summed E-state index contributed by atoms with van der Waals surface area (Å²) in [5, 5.41) is 12.1. The first kappa shape index (κ1) is 15.8. The minimum atomic E-state index is -0.633. The average molecular weight is 314 g/mol. The Labute approximate surface area is 136 Å². The molecule has 5 nitrogen and oxygen atoms in total. The van der Waals surface area contributed by atoms with Gasteiger partial charge in [-0.15, -0.1) is 0 Å². The molecule has 1 aromatic rings. The summed E-state index contributed by atoms with van der Waals surface area (Å²) in [6.07, 6.45) is 3.89. The molecular weight excluding hydrogens is 292 g/mol. The van der Waals surface area contributed by atoms with E-state index in [1.807, 2.05) is 0 Å². The molecule has 5 heteroatoms. The lowest BCUT2D eigenvalue weighted by atomic mass is 10.00. The number of ether oxygens (including phenoxy) is 2. The molecule has 0 radical (unpaired) electrons. The van der Waals surface area contributed by atoms with Crippen LogP contribution in [0.2, 0.25) is 0 Å². The molecule has 1 amide bonds. The molecule has 1 N–H and O–H groups in total. The van der Waals surface area contributed by atoms with Gasteiger partial charge in [-0.1, -0.05) is 12.1 Å². The number of nitrogens with zero attached hydrogens (tertiary/aromatic N) is 1. The fourth-order valence-corrected chi connectivity index (χ4v) is 2.98. The molecule has 2 fully saturated rings. The summed E-state index contributed by atoms with van der Waals surface area (Å²) in [6, 6.07) is 9.18. The van der Waals surface area contributed by atoms with Crippen molar-refractivity contribution >= 4 is 5.91 Å². The van der Waals surface area contributed by atoms with Gasteiger partial charge in [0.1, 0.15) is 11.8 Å². The first-order valence-electron chi connectivity index (χ1n) is 8.25. The predicted octanol–water partition coefficient (Wildman–Crippen LogP) is 2.40. The van der Waals surface area contributed by atoms with Gasteiger partial charge < -0.3 is 14.8 Å². The third kappa shape index (κ3) is 4.02. The molecule has 1 saturated heterocycles. The summed E-state index contributed by atoms with van der Waals surface area (Å²) < 4.78 is 11.4. The number of hydrogen-bond donors (Lipinski definition) is 1. The Balaban J connectivity index is 1.54. The number of nitriles is 1. The van der Waals surface area contributed by atoms with Crippen molar-refractivity contribution in [3.8, 4) is 11.8 Å². The number of hydrogen-bond acceptors (Lipinski definition) is 4. The predicted molar refractivity (Wildman–Crippen MR) is 84.9 cm³/mol. The summed E-state index contributed by atoms with van der Waals surface area (Å²) in [4.78, 5) is 12.3. The Morgan fingerprint density at radius 2 is 2.17 bits per heavy atom. The van der Waals surface area contributed by atoms with Gasteiger partial charge in [-0.05, 0) is 50.7 Å². The van der Waals surface area contributed by atoms with Crippen LogP contribution in [0.3, 0.4) is 0 Å². The van der Waals surface area contributed by atoms with Crippen molar-refractivity contribution in [2.75, 3.05) is 6.61 Å². The van der Waals surface area contributed by atoms with E-state index in [9.17, 15) is 4.79 Å². The molecule has 1 heterocycles. The lowest BCUT2D eigenvalue weighted by Gasteiger charge is -2.31. The molecule has 2 aliphatic rings. The van der Waals surface area contributed by atoms with Gasteiger partial charge in [0.05, 0.1) is 11.7 Å². The van der Waals surface area contributed by atoms with Gasteiger partial charge >= 0.3 is 0 Å². The van der Waals surface area contributed by atoms with Gasteiger partial charge in [0.2, 0.25) is 0 Å². The standard InChI is InChI=1S/C18H22N2O3/c1-12(23-16-5-3-2-4-14(16)11-19)18(21)20-15-8-9-22-17(10-15)13-6-7-13/h2-5,12-13,15,17H,6-10H2,1H3,(H,20,21). The SMILES string of the molecule is CC(Oc1ccccc1C#N)C(=O)NC1CCOC(C2CC2)C1. The molecule has 1 aliphatic heterocycles. The van der Waals surface area contributed by atoms with E-state index in [1.165, 1.54) is 12.8 Å². The lowest BCUT2D eigenvalue weighted by molar-refractivity contribution is -0.129. The maximum absolute atomic E-state index is 12.3. The highest BCUT2D eigenvalue weighted by Crippen LogP contribution is 2.38. The number of carbonyl (C=O) groups excluding carboxylic acids is 1. The van der Waals surface area contributed by atoms with Gasteiger partial charge in [-0.3, -0.25) is 4.79 Å². The number of amides is 1. The van der Waals surface area contributed by atoms with Gasteiger partial charge in [0.15, 0.2) is 6.10 Å². The van der Waals surface area contributed by atoms with Crippen molar-refractivity contribution in [3.05, 3.63) is 29.8 Å². The van der Waals surface area contributed by atoms with Gasteiger partial charge in [0.25, 0.3) is 5.91 Å². The molecule has 1 aliphatic carbocycles. The van der Waals surface area contributed by atoms with E-state index < -0.39 is 6.10 Å². The maximum atomic E-state index is 12.3. The second-order valence-electron chi connectivity index (χ2n) is 6.34. The molecule has 23 heavy (non-hydrogen) atoms. The first-order chi connectivity index (χ1) is 11.2. The highest BCUT2D eigenvalue weighted by molar-refractivity contribution is 5.81. The van der Waals surface area contributed by atoms with E-state index in [2.05, 4.69) is 11.4 Å². The van der Waals surface area contributed by atoms with Gasteiger partial charge in [-0.2, -0.15) is 5.26 Å². The molecule has 0 spiro atoms. The minimum Gasteiger partial charge on any atom is -0.480 e. The van der Waals surface area contributed by atoms with Crippen LogP contribution in [-0.4, -0.2) is 30.8 Å². The molecular formula is C18H22N2O3. The van der Waals surface area contributed by atoms with Crippen LogP contribution in [-0.2, 0) is 9.53 Å². The Hall–Kier alpha value is -2.06. The number of nitrogens with one attached hydrogen (secondary N) is 1. The average Bonchev–Trinajstić information content (AvgIpc) is 3.40. The largest absolute Gasteiger partial charge is 0.480 e. The lowest BCUT2D eigenvalue weighted by Crippen LogP contribution is -2.47. The zero-order valence-electron chi connectivity index (χ0n) is 13.3. The van der Waals surface area contributed by atoms with Crippen molar-refractivity contribution in [1.29, 1.82) is 5.26 Å². The van der Waals surface area contributed by atoms with Crippen LogP contribution in [0, 0.1) is 17.2 Å². The van der Waals surface area contributed by atoms with Crippen molar-refractivity contribution in [3.63, 3.8) is 0 Å². The second-order valence-corrected chi connectivity index (χ2v) is 6.34. The molecule has 1 saturated carbocycles. The molecule has 122 valence electrons. The van der Waals surface area contributed by atoms with Crippen LogP contribution < -0.4 is 10.1 Å². The van der Waals surface area contributed by atoms with E-state index in [4.69, 9.17) is 14.7 Å². The Kier molecular flexibility index (Phi) is 4.82. The van der Waals surface area contributed by atoms with Crippen LogP contribution in [0.4, 0.5) is 0 Å². The van der Waals surface area contributed by atoms with Crippen LogP contribution in [0.1, 0.15) is 38.2 Å². The highest BCUT2D eigenvalue weighted by Gasteiger charge is 2.36. The van der Waals surface area contributed by atoms with Crippen LogP contribution >= 0.6 is 0 Å². The molecule has 0 aromatic heterocycles. The van der Waals surface area contributed by atoms with Crippen molar-refractivity contribution in [2.24, 2.45) is 5.92 Å². The summed E-state index contributed by atoms with van der Waals surface area (Å²) in [6.45, 7) is 2.42. The number of benzene rings is 1. The van der Waals surface area contributed by atoms with Crippen molar-refractivity contribution in [2.45, 2.75) is 50.9 Å². The van der Waals surface area contributed by atoms with Crippen molar-refractivity contribution in [1.82, 2.24) is 5.32 Å². The van der Waals surface area contributed by atoms with E-state index in [-0.39, 0.29) is 11.9 Å². The number of carbonyl (C=O) groups is 1. The topological polar surface area (TPSA) is 71.3 Å². The summed E-state index contributed by atoms with van der Waals surface area (Å²) in [5.74, 6) is 0.991. The molecule has 0 bridgehead atoms. The van der Waals surface area contributed by atoms with Gasteiger partial charge in [-0.25, -0.2) is 0 Å². The van der Waals surface area contributed by atoms with E-state index >= 15 is 0 Å². The van der Waals surface area contributed by atoms with E-state index in [1.54, 1.807) is 31.2 Å². The van der Waals surface area contributed by atoms with Crippen LogP contribution in [0.25, 0.3) is 0 Å².